The van der Waals surface area contributed by atoms with E-state index in [1.807, 2.05) is 0 Å². The molecule has 1 aliphatic rings. The Balaban J connectivity index is 1.78. The monoisotopic (exact) mass is 360 g/mol. The molecule has 26 heavy (non-hydrogen) atoms. The molecule has 2 aromatic rings. The van der Waals surface area contributed by atoms with Gasteiger partial charge in [-0.3, -0.25) is 9.78 Å². The van der Waals surface area contributed by atoms with Gasteiger partial charge in [-0.15, -0.1) is 0 Å². The van der Waals surface area contributed by atoms with Crippen molar-refractivity contribution in [2.75, 3.05) is 13.7 Å². The fraction of sp³-hybridized carbons (Fsp3) is 0.444. The highest BCUT2D eigenvalue weighted by molar-refractivity contribution is 5.92. The summed E-state index contributed by atoms with van der Waals surface area (Å²) in [6.45, 7) is 0.851. The molecule has 1 fully saturated rings. The lowest BCUT2D eigenvalue weighted by atomic mass is 10.1. The maximum absolute atomic E-state index is 13.2. The molecule has 0 spiro atoms. The molecule has 1 saturated heterocycles. The second kappa shape index (κ2) is 8.66. The van der Waals surface area contributed by atoms with E-state index in [0.717, 1.165) is 31.9 Å². The van der Waals surface area contributed by atoms with E-state index in [-0.39, 0.29) is 18.6 Å². The van der Waals surface area contributed by atoms with Gasteiger partial charge in [0.25, 0.3) is 5.89 Å². The van der Waals surface area contributed by atoms with E-state index >= 15 is 0 Å². The average Bonchev–Trinajstić information content (AvgIpc) is 2.95. The molecule has 8 heteroatoms. The van der Waals surface area contributed by atoms with Crippen LogP contribution in [0.5, 0.6) is 0 Å². The van der Waals surface area contributed by atoms with Crippen molar-refractivity contribution in [3.05, 3.63) is 47.6 Å². The first-order valence-electron chi connectivity index (χ1n) is 8.58. The van der Waals surface area contributed by atoms with Crippen LogP contribution >= 0.6 is 0 Å². The topological polar surface area (TPSA) is 81.4 Å². The van der Waals surface area contributed by atoms with Crippen LogP contribution in [0, 0.1) is 5.82 Å². The van der Waals surface area contributed by atoms with Crippen LogP contribution in [-0.4, -0.2) is 39.6 Å². The van der Waals surface area contributed by atoms with Crippen LogP contribution in [0.4, 0.5) is 4.39 Å². The minimum Gasteiger partial charge on any atom is -0.375 e. The predicted octanol–water partition coefficient (Wildman–Crippen LogP) is 2.91. The molecule has 0 aromatic carbocycles. The number of hydrogen-bond acceptors (Lipinski definition) is 6. The first-order valence-corrected chi connectivity index (χ1v) is 8.58. The Bertz CT molecular complexity index is 777. The third-order valence-corrected chi connectivity index (χ3v) is 4.23. The molecule has 3 rings (SSSR count). The number of likely N-dealkylation sites (tertiary alicyclic amines) is 1. The summed E-state index contributed by atoms with van der Waals surface area (Å²) in [5.41, 5.74) is 0.534. The van der Waals surface area contributed by atoms with Crippen molar-refractivity contribution in [2.45, 2.75) is 38.3 Å². The maximum atomic E-state index is 13.2. The van der Waals surface area contributed by atoms with Gasteiger partial charge in [-0.25, -0.2) is 4.39 Å². The van der Waals surface area contributed by atoms with Crippen LogP contribution in [0.2, 0.25) is 0 Å². The van der Waals surface area contributed by atoms with Gasteiger partial charge in [0, 0.05) is 25.9 Å². The molecular formula is C18H21FN4O3. The first kappa shape index (κ1) is 18.2. The SMILES string of the molecule is COCc1nc(C2CCCCCN2C(=O)/C=C/c2cncc(F)c2)no1. The van der Waals surface area contributed by atoms with Gasteiger partial charge in [0.2, 0.25) is 5.91 Å². The zero-order valence-corrected chi connectivity index (χ0v) is 14.6. The van der Waals surface area contributed by atoms with Crippen molar-refractivity contribution in [2.24, 2.45) is 0 Å². The molecule has 138 valence electrons. The van der Waals surface area contributed by atoms with Crippen LogP contribution in [0.25, 0.3) is 6.08 Å². The number of rotatable bonds is 5. The molecule has 1 atom stereocenters. The van der Waals surface area contributed by atoms with Crippen molar-refractivity contribution in [3.63, 3.8) is 0 Å². The Morgan fingerprint density at radius 1 is 1.42 bits per heavy atom. The Kier molecular flexibility index (Phi) is 6.06. The quantitative estimate of drug-likeness (QED) is 0.763. The minimum atomic E-state index is -0.440. The summed E-state index contributed by atoms with van der Waals surface area (Å²) >= 11 is 0. The Morgan fingerprint density at radius 3 is 3.12 bits per heavy atom. The van der Waals surface area contributed by atoms with E-state index in [4.69, 9.17) is 9.26 Å². The lowest BCUT2D eigenvalue weighted by Crippen LogP contribution is -2.34. The minimum absolute atomic E-state index is 0.167. The van der Waals surface area contributed by atoms with Crippen molar-refractivity contribution in [1.82, 2.24) is 20.0 Å². The summed E-state index contributed by atoms with van der Waals surface area (Å²) in [5, 5.41) is 4.02. The highest BCUT2D eigenvalue weighted by Gasteiger charge is 2.29. The largest absolute Gasteiger partial charge is 0.375 e. The molecule has 1 aliphatic heterocycles. The molecule has 1 amide bonds. The molecule has 0 saturated carbocycles. The number of amides is 1. The average molecular weight is 360 g/mol. The van der Waals surface area contributed by atoms with Crippen molar-refractivity contribution in [3.8, 4) is 0 Å². The van der Waals surface area contributed by atoms with Crippen LogP contribution in [0.1, 0.15) is 49.0 Å². The van der Waals surface area contributed by atoms with Gasteiger partial charge in [0.05, 0.1) is 12.2 Å². The van der Waals surface area contributed by atoms with E-state index in [1.165, 1.54) is 18.3 Å². The second-order valence-electron chi connectivity index (χ2n) is 6.15. The summed E-state index contributed by atoms with van der Waals surface area (Å²) in [7, 11) is 1.55. The first-order chi connectivity index (χ1) is 12.7. The number of ether oxygens (including phenoxy) is 1. The van der Waals surface area contributed by atoms with Gasteiger partial charge in [0.1, 0.15) is 12.4 Å². The van der Waals surface area contributed by atoms with E-state index in [0.29, 0.717) is 23.8 Å². The van der Waals surface area contributed by atoms with Crippen LogP contribution < -0.4 is 0 Å². The Labute approximate surface area is 150 Å². The van der Waals surface area contributed by atoms with Gasteiger partial charge in [-0.1, -0.05) is 18.0 Å². The molecular weight excluding hydrogens is 339 g/mol. The molecule has 2 aromatic heterocycles. The van der Waals surface area contributed by atoms with Crippen LogP contribution in [0.3, 0.4) is 0 Å². The third kappa shape index (κ3) is 4.51. The van der Waals surface area contributed by atoms with E-state index < -0.39 is 5.82 Å². The number of methoxy groups -OCH3 is 1. The summed E-state index contributed by atoms with van der Waals surface area (Å²) < 4.78 is 23.4. The number of aromatic nitrogens is 3. The maximum Gasteiger partial charge on any atom is 0.252 e. The Hall–Kier alpha value is -2.61. The summed E-state index contributed by atoms with van der Waals surface area (Å²) in [4.78, 5) is 22.6. The van der Waals surface area contributed by atoms with Crippen LogP contribution in [-0.2, 0) is 16.1 Å². The lowest BCUT2D eigenvalue weighted by molar-refractivity contribution is -0.128. The van der Waals surface area contributed by atoms with Gasteiger partial charge in [0.15, 0.2) is 5.82 Å². The molecule has 7 nitrogen and oxygen atoms in total. The number of pyridine rings is 1. The van der Waals surface area contributed by atoms with Gasteiger partial charge < -0.3 is 14.2 Å². The molecule has 1 unspecified atom stereocenters. The van der Waals surface area contributed by atoms with Crippen molar-refractivity contribution >= 4 is 12.0 Å². The molecule has 0 aliphatic carbocycles. The fourth-order valence-corrected chi connectivity index (χ4v) is 3.01. The zero-order chi connectivity index (χ0) is 18.4. The predicted molar refractivity (Wildman–Crippen MR) is 91.2 cm³/mol. The second-order valence-corrected chi connectivity index (χ2v) is 6.15. The number of carbonyl (C=O) groups excluding carboxylic acids is 1. The van der Waals surface area contributed by atoms with Gasteiger partial charge in [-0.2, -0.15) is 4.98 Å². The Morgan fingerprint density at radius 2 is 2.31 bits per heavy atom. The van der Waals surface area contributed by atoms with E-state index in [1.54, 1.807) is 18.1 Å². The molecule has 0 N–H and O–H groups in total. The summed E-state index contributed by atoms with van der Waals surface area (Å²) in [6, 6.07) is 1.09. The number of hydrogen-bond donors (Lipinski definition) is 0. The molecule has 0 bridgehead atoms. The standard InChI is InChI=1S/C18H21FN4O3/c1-25-12-16-21-18(22-26-16)15-5-3-2-4-8-23(15)17(24)7-6-13-9-14(19)11-20-10-13/h6-7,9-11,15H,2-5,8,12H2,1H3/b7-6+. The molecule has 0 radical (unpaired) electrons. The highest BCUT2D eigenvalue weighted by atomic mass is 19.1. The summed E-state index contributed by atoms with van der Waals surface area (Å²) in [6.07, 6.45) is 9.34. The lowest BCUT2D eigenvalue weighted by Gasteiger charge is -2.26. The number of halogens is 1. The molecule has 3 heterocycles. The normalized spacial score (nSPS) is 18.2. The van der Waals surface area contributed by atoms with E-state index in [9.17, 15) is 9.18 Å². The van der Waals surface area contributed by atoms with Crippen molar-refractivity contribution in [1.29, 1.82) is 0 Å². The highest BCUT2D eigenvalue weighted by Crippen LogP contribution is 2.29. The van der Waals surface area contributed by atoms with Gasteiger partial charge in [-0.05, 0) is 30.5 Å². The number of carbonyl (C=O) groups is 1. The zero-order valence-electron chi connectivity index (χ0n) is 14.6. The smallest absolute Gasteiger partial charge is 0.252 e. The third-order valence-electron chi connectivity index (χ3n) is 4.23. The summed E-state index contributed by atoms with van der Waals surface area (Å²) in [5.74, 6) is 0.276. The van der Waals surface area contributed by atoms with Crippen molar-refractivity contribution < 1.29 is 18.4 Å². The van der Waals surface area contributed by atoms with E-state index in [2.05, 4.69) is 15.1 Å². The fourth-order valence-electron chi connectivity index (χ4n) is 3.01. The van der Waals surface area contributed by atoms with Crippen LogP contribution in [0.15, 0.2) is 29.1 Å². The van der Waals surface area contributed by atoms with Gasteiger partial charge >= 0.3 is 0 Å². The number of nitrogens with zero attached hydrogens (tertiary/aromatic N) is 4.